The SMILES string of the molecule is CC(C)N(C(C)C)[P+](O)(Cl)Oc1ccccc1. The maximum absolute atomic E-state index is 10.3. The summed E-state index contributed by atoms with van der Waals surface area (Å²) in [7, 11) is -3.08. The standard InChI is InChI=1S/C12H20ClNO2P/c1-10(2)14(11(3)4)17(13,15)16-12-8-6-5-7-9-12/h5-11,15H,1-4H3/q+1. The molecule has 1 atom stereocenters. The Morgan fingerprint density at radius 3 is 2.00 bits per heavy atom. The predicted octanol–water partition coefficient (Wildman–Crippen LogP) is 4.09. The van der Waals surface area contributed by atoms with E-state index >= 15 is 0 Å². The van der Waals surface area contributed by atoms with E-state index in [9.17, 15) is 4.89 Å². The molecule has 0 fully saturated rings. The van der Waals surface area contributed by atoms with Crippen LogP contribution in [0.3, 0.4) is 0 Å². The minimum absolute atomic E-state index is 0.120. The van der Waals surface area contributed by atoms with Gasteiger partial charge in [-0.15, -0.1) is 4.67 Å². The van der Waals surface area contributed by atoms with Gasteiger partial charge in [-0.1, -0.05) is 18.2 Å². The van der Waals surface area contributed by atoms with Gasteiger partial charge in [0.05, 0.1) is 0 Å². The number of rotatable bonds is 5. The van der Waals surface area contributed by atoms with Gasteiger partial charge < -0.3 is 0 Å². The maximum Gasteiger partial charge on any atom is 0.498 e. The molecule has 1 aromatic rings. The molecule has 0 aliphatic rings. The van der Waals surface area contributed by atoms with Crippen molar-refractivity contribution in [2.75, 3.05) is 0 Å². The van der Waals surface area contributed by atoms with Crippen molar-refractivity contribution >= 4 is 18.5 Å². The molecule has 0 heterocycles. The fraction of sp³-hybridized carbons (Fsp3) is 0.500. The summed E-state index contributed by atoms with van der Waals surface area (Å²) >= 11 is 6.20. The molecular formula is C12H20ClNO2P+. The van der Waals surface area contributed by atoms with Gasteiger partial charge in [-0.2, -0.15) is 4.89 Å². The molecular weight excluding hydrogens is 257 g/mol. The largest absolute Gasteiger partial charge is 0.498 e. The predicted molar refractivity (Wildman–Crippen MR) is 74.2 cm³/mol. The highest BCUT2D eigenvalue weighted by Gasteiger charge is 2.50. The Labute approximate surface area is 109 Å². The monoisotopic (exact) mass is 276 g/mol. The lowest BCUT2D eigenvalue weighted by molar-refractivity contribution is 0.256. The molecule has 1 aromatic carbocycles. The van der Waals surface area contributed by atoms with Crippen molar-refractivity contribution in [1.82, 2.24) is 4.67 Å². The van der Waals surface area contributed by atoms with Gasteiger partial charge in [-0.05, 0) is 39.8 Å². The van der Waals surface area contributed by atoms with E-state index in [4.69, 9.17) is 15.8 Å². The second-order valence-corrected chi connectivity index (χ2v) is 7.36. The first-order valence-corrected chi connectivity index (χ1v) is 8.21. The molecule has 0 aliphatic heterocycles. The second kappa shape index (κ2) is 6.01. The molecule has 0 amide bonds. The van der Waals surface area contributed by atoms with Crippen molar-refractivity contribution in [3.8, 4) is 5.75 Å². The highest BCUT2D eigenvalue weighted by Crippen LogP contribution is 2.65. The summed E-state index contributed by atoms with van der Waals surface area (Å²) in [6, 6.07) is 9.39. The second-order valence-electron chi connectivity index (χ2n) is 4.44. The van der Waals surface area contributed by atoms with E-state index in [0.717, 1.165) is 0 Å². The molecule has 17 heavy (non-hydrogen) atoms. The van der Waals surface area contributed by atoms with Crippen LogP contribution in [0.5, 0.6) is 5.75 Å². The Hall–Kier alpha value is -0.340. The molecule has 1 rings (SSSR count). The topological polar surface area (TPSA) is 32.7 Å². The van der Waals surface area contributed by atoms with Gasteiger partial charge in [-0.3, -0.25) is 4.52 Å². The summed E-state index contributed by atoms with van der Waals surface area (Å²) in [4.78, 5) is 10.3. The van der Waals surface area contributed by atoms with E-state index in [2.05, 4.69) is 0 Å². The normalized spacial score (nSPS) is 15.4. The molecule has 0 bridgehead atoms. The number of para-hydroxylation sites is 1. The summed E-state index contributed by atoms with van der Waals surface area (Å²) < 4.78 is 7.35. The summed E-state index contributed by atoms with van der Waals surface area (Å²) in [5.74, 6) is 0.588. The van der Waals surface area contributed by atoms with Gasteiger partial charge in [0.25, 0.3) is 0 Å². The van der Waals surface area contributed by atoms with Gasteiger partial charge in [-0.25, -0.2) is 0 Å². The van der Waals surface area contributed by atoms with E-state index in [-0.39, 0.29) is 12.1 Å². The Morgan fingerprint density at radius 1 is 1.12 bits per heavy atom. The summed E-state index contributed by atoms with van der Waals surface area (Å²) in [5.41, 5.74) is 0. The van der Waals surface area contributed by atoms with Crippen molar-refractivity contribution in [3.63, 3.8) is 0 Å². The van der Waals surface area contributed by atoms with E-state index in [1.54, 1.807) is 12.1 Å². The average Bonchev–Trinajstić information content (AvgIpc) is 2.15. The summed E-state index contributed by atoms with van der Waals surface area (Å²) in [5, 5.41) is 0. The molecule has 0 saturated carbocycles. The lowest BCUT2D eigenvalue weighted by Gasteiger charge is -2.29. The molecule has 96 valence electrons. The van der Waals surface area contributed by atoms with E-state index in [1.807, 2.05) is 50.6 Å². The average molecular weight is 277 g/mol. The quantitative estimate of drug-likeness (QED) is 0.822. The van der Waals surface area contributed by atoms with Crippen molar-refractivity contribution in [1.29, 1.82) is 0 Å². The Bertz CT molecular complexity index is 336. The van der Waals surface area contributed by atoms with Gasteiger partial charge >= 0.3 is 7.22 Å². The molecule has 0 spiro atoms. The van der Waals surface area contributed by atoms with Gasteiger partial charge in [0, 0.05) is 12.1 Å². The molecule has 0 saturated heterocycles. The van der Waals surface area contributed by atoms with Crippen LogP contribution in [0.25, 0.3) is 0 Å². The lowest BCUT2D eigenvalue weighted by Crippen LogP contribution is -2.36. The molecule has 0 radical (unpaired) electrons. The zero-order chi connectivity index (χ0) is 13.1. The van der Waals surface area contributed by atoms with Crippen molar-refractivity contribution in [3.05, 3.63) is 30.3 Å². The fourth-order valence-corrected chi connectivity index (χ4v) is 4.74. The Balaban J connectivity index is 2.86. The maximum atomic E-state index is 10.3. The third-order valence-electron chi connectivity index (χ3n) is 2.31. The number of halogens is 1. The van der Waals surface area contributed by atoms with Crippen LogP contribution in [0.4, 0.5) is 0 Å². The zero-order valence-corrected chi connectivity index (χ0v) is 12.3. The third kappa shape index (κ3) is 4.11. The highest BCUT2D eigenvalue weighted by molar-refractivity contribution is 7.89. The van der Waals surface area contributed by atoms with Crippen molar-refractivity contribution in [2.24, 2.45) is 0 Å². The van der Waals surface area contributed by atoms with Crippen LogP contribution >= 0.6 is 18.5 Å². The van der Waals surface area contributed by atoms with Crippen LogP contribution < -0.4 is 4.52 Å². The van der Waals surface area contributed by atoms with Crippen LogP contribution in [0.15, 0.2) is 30.3 Å². The van der Waals surface area contributed by atoms with Gasteiger partial charge in [0.2, 0.25) is 0 Å². The number of hydrogen-bond acceptors (Lipinski definition) is 3. The molecule has 3 nitrogen and oxygen atoms in total. The van der Waals surface area contributed by atoms with Crippen LogP contribution in [-0.2, 0) is 0 Å². The molecule has 0 aromatic heterocycles. The van der Waals surface area contributed by atoms with Crippen molar-refractivity contribution in [2.45, 2.75) is 39.8 Å². The van der Waals surface area contributed by atoms with E-state index < -0.39 is 7.22 Å². The van der Waals surface area contributed by atoms with Crippen molar-refractivity contribution < 1.29 is 9.42 Å². The molecule has 0 aliphatic carbocycles. The van der Waals surface area contributed by atoms with E-state index in [0.29, 0.717) is 5.75 Å². The molecule has 1 unspecified atom stereocenters. The number of nitrogens with zero attached hydrogens (tertiary/aromatic N) is 1. The van der Waals surface area contributed by atoms with Crippen LogP contribution in [0, 0.1) is 0 Å². The van der Waals surface area contributed by atoms with Gasteiger partial charge in [0.1, 0.15) is 0 Å². The molecule has 5 heteroatoms. The first-order valence-electron chi connectivity index (χ1n) is 5.69. The Morgan fingerprint density at radius 2 is 1.59 bits per heavy atom. The lowest BCUT2D eigenvalue weighted by atomic mass is 10.3. The minimum atomic E-state index is -3.08. The van der Waals surface area contributed by atoms with Gasteiger partial charge in [0.15, 0.2) is 17.0 Å². The smallest absolute Gasteiger partial charge is 0.280 e. The zero-order valence-electron chi connectivity index (χ0n) is 10.7. The summed E-state index contributed by atoms with van der Waals surface area (Å²) in [6.07, 6.45) is 0. The van der Waals surface area contributed by atoms with Crippen LogP contribution in [0.1, 0.15) is 27.7 Å². The van der Waals surface area contributed by atoms with Crippen LogP contribution in [0.2, 0.25) is 0 Å². The Kier molecular flexibility index (Phi) is 5.21. The fourth-order valence-electron chi connectivity index (χ4n) is 1.83. The minimum Gasteiger partial charge on any atom is -0.280 e. The first kappa shape index (κ1) is 14.7. The first-order chi connectivity index (χ1) is 7.84. The van der Waals surface area contributed by atoms with Crippen LogP contribution in [-0.4, -0.2) is 21.6 Å². The highest BCUT2D eigenvalue weighted by atomic mass is 35.7. The number of benzene rings is 1. The third-order valence-corrected chi connectivity index (χ3v) is 4.98. The van der Waals surface area contributed by atoms with E-state index in [1.165, 1.54) is 0 Å². The number of hydrogen-bond donors (Lipinski definition) is 1. The molecule has 1 N–H and O–H groups in total. The summed E-state index contributed by atoms with van der Waals surface area (Å²) in [6.45, 7) is 7.95.